The van der Waals surface area contributed by atoms with E-state index in [1.807, 2.05) is 29.2 Å². The summed E-state index contributed by atoms with van der Waals surface area (Å²) in [4.78, 5) is 15.6. The monoisotopic (exact) mass is 551 g/mol. The minimum absolute atomic E-state index is 0.139. The molecule has 0 aliphatic carbocycles. The summed E-state index contributed by atoms with van der Waals surface area (Å²) in [6, 6.07) is 14.1. The first-order valence-corrected chi connectivity index (χ1v) is 12.8. The van der Waals surface area contributed by atoms with Crippen molar-refractivity contribution in [2.75, 3.05) is 24.3 Å². The minimum atomic E-state index is -3.67. The Kier molecular flexibility index (Phi) is 7.18. The Balaban J connectivity index is 0.00000132. The van der Waals surface area contributed by atoms with E-state index in [1.165, 1.54) is 18.4 Å². The topological polar surface area (TPSA) is 117 Å². The highest BCUT2D eigenvalue weighted by atomic mass is 127. The van der Waals surface area contributed by atoms with Gasteiger partial charge in [0.25, 0.3) is 0 Å². The Morgan fingerprint density at radius 3 is 2.32 bits per heavy atom. The quantitative estimate of drug-likeness (QED) is 0.287. The Morgan fingerprint density at radius 2 is 1.65 bits per heavy atom. The second-order valence-electron chi connectivity index (χ2n) is 6.57. The summed E-state index contributed by atoms with van der Waals surface area (Å²) in [5, 5.41) is 10.7. The zero-order valence-electron chi connectivity index (χ0n) is 17.5. The number of alkyl halides is 1. The van der Waals surface area contributed by atoms with Gasteiger partial charge in [0.05, 0.1) is 10.4 Å². The molecule has 0 atom stereocenters. The average molecular weight is 551 g/mol. The zero-order valence-corrected chi connectivity index (χ0v) is 20.4. The Bertz CT molecular complexity index is 1310. The van der Waals surface area contributed by atoms with Gasteiger partial charge in [-0.25, -0.2) is 22.7 Å². The highest BCUT2D eigenvalue weighted by Crippen LogP contribution is 2.30. The summed E-state index contributed by atoms with van der Waals surface area (Å²) < 4.78 is 26.8. The van der Waals surface area contributed by atoms with Gasteiger partial charge in [0.1, 0.15) is 11.6 Å². The third-order valence-electron chi connectivity index (χ3n) is 4.32. The first-order chi connectivity index (χ1) is 14.9. The molecule has 0 saturated carbocycles. The van der Waals surface area contributed by atoms with Gasteiger partial charge in [-0.2, -0.15) is 4.98 Å². The van der Waals surface area contributed by atoms with Gasteiger partial charge in [-0.05, 0) is 36.1 Å². The predicted molar refractivity (Wildman–Crippen MR) is 130 cm³/mol. The van der Waals surface area contributed by atoms with Crippen molar-refractivity contribution in [1.29, 1.82) is 0 Å². The second kappa shape index (κ2) is 9.66. The number of anilines is 2. The highest BCUT2D eigenvalue weighted by molar-refractivity contribution is 14.1. The molecule has 0 fully saturated rings. The van der Waals surface area contributed by atoms with Crippen molar-refractivity contribution in [3.05, 3.63) is 54.4 Å². The van der Waals surface area contributed by atoms with Crippen molar-refractivity contribution < 1.29 is 8.42 Å². The maximum absolute atomic E-state index is 12.8. The smallest absolute Gasteiger partial charge is 0.247 e. The fraction of sp³-hybridized carbons (Fsp3) is 0.200. The normalized spacial score (nSPS) is 11.3. The van der Waals surface area contributed by atoms with Crippen LogP contribution in [-0.2, 0) is 10.0 Å². The molecule has 2 aromatic heterocycles. The molecule has 0 bridgehead atoms. The lowest BCUT2D eigenvalue weighted by atomic mass is 10.2. The van der Waals surface area contributed by atoms with Crippen molar-refractivity contribution in [1.82, 2.24) is 29.5 Å². The Morgan fingerprint density at radius 1 is 0.968 bits per heavy atom. The van der Waals surface area contributed by atoms with Crippen LogP contribution in [0.2, 0.25) is 0 Å². The van der Waals surface area contributed by atoms with Gasteiger partial charge in [0.2, 0.25) is 16.0 Å². The summed E-state index contributed by atoms with van der Waals surface area (Å²) >= 11 is 2.15. The summed E-state index contributed by atoms with van der Waals surface area (Å²) in [5.41, 5.74) is 1.09. The van der Waals surface area contributed by atoms with Crippen LogP contribution in [0.1, 0.15) is 5.82 Å². The van der Waals surface area contributed by atoms with Crippen LogP contribution in [0.4, 0.5) is 11.8 Å². The van der Waals surface area contributed by atoms with E-state index < -0.39 is 10.0 Å². The maximum Gasteiger partial charge on any atom is 0.247 e. The van der Waals surface area contributed by atoms with E-state index in [0.717, 1.165) is 5.39 Å². The van der Waals surface area contributed by atoms with Crippen LogP contribution >= 0.6 is 22.6 Å². The van der Waals surface area contributed by atoms with E-state index in [4.69, 9.17) is 0 Å². The number of rotatable bonds is 5. The maximum atomic E-state index is 12.8. The van der Waals surface area contributed by atoms with Gasteiger partial charge in [0.15, 0.2) is 5.82 Å². The van der Waals surface area contributed by atoms with Crippen molar-refractivity contribution in [3.63, 3.8) is 0 Å². The first kappa shape index (κ1) is 23.0. The van der Waals surface area contributed by atoms with E-state index in [-0.39, 0.29) is 4.90 Å². The summed E-state index contributed by atoms with van der Waals surface area (Å²) in [5.74, 6) is 1.81. The summed E-state index contributed by atoms with van der Waals surface area (Å²) in [6.45, 7) is 1.80. The van der Waals surface area contributed by atoms with Gasteiger partial charge in [-0.1, -0.05) is 46.9 Å². The molecule has 4 rings (SSSR count). The van der Waals surface area contributed by atoms with E-state index in [1.54, 1.807) is 31.2 Å². The lowest BCUT2D eigenvalue weighted by molar-refractivity contribution is 0.521. The number of H-pyrrole nitrogens is 1. The molecule has 0 spiro atoms. The van der Waals surface area contributed by atoms with Crippen LogP contribution < -0.4 is 5.32 Å². The minimum Gasteiger partial charge on any atom is -0.307 e. The van der Waals surface area contributed by atoms with E-state index in [9.17, 15) is 8.42 Å². The number of aryl methyl sites for hydroxylation is 1. The number of sulfonamides is 1. The number of nitrogens with one attached hydrogen (secondary N) is 2. The zero-order chi connectivity index (χ0) is 22.6. The number of benzene rings is 2. The third-order valence-corrected chi connectivity index (χ3v) is 6.19. The Labute approximate surface area is 194 Å². The van der Waals surface area contributed by atoms with Crippen molar-refractivity contribution in [3.8, 4) is 11.4 Å². The molecule has 0 radical (unpaired) electrons. The largest absolute Gasteiger partial charge is 0.307 e. The standard InChI is InChI=1S/C19H19N7O2S.CH3I/c1-12-20-19(25-24-12)23-17-13-8-4-6-10-15(13)21-18(22-17)14-9-5-7-11-16(14)29(27,28)26(2)3;1-2/h4-11H,1-3H3,(H2,20,21,22,23,24,25);1H3. The molecule has 11 heteroatoms. The van der Waals surface area contributed by atoms with Crippen molar-refractivity contribution in [2.45, 2.75) is 11.8 Å². The number of aromatic nitrogens is 5. The lowest BCUT2D eigenvalue weighted by Crippen LogP contribution is -2.23. The SMILES string of the molecule is CI.Cc1nc(Nc2nc(-c3ccccc3S(=O)(=O)N(C)C)nc3ccccc23)n[nH]1. The van der Waals surface area contributed by atoms with Gasteiger partial charge in [-0.3, -0.25) is 5.10 Å². The third kappa shape index (κ3) is 4.83. The predicted octanol–water partition coefficient (Wildman–Crippen LogP) is 3.77. The van der Waals surface area contributed by atoms with Gasteiger partial charge >= 0.3 is 0 Å². The fourth-order valence-electron chi connectivity index (χ4n) is 2.87. The van der Waals surface area contributed by atoms with Crippen molar-refractivity contribution in [2.24, 2.45) is 0 Å². The van der Waals surface area contributed by atoms with Crippen LogP contribution in [0.5, 0.6) is 0 Å². The van der Waals surface area contributed by atoms with Crippen molar-refractivity contribution >= 4 is 55.3 Å². The highest BCUT2D eigenvalue weighted by Gasteiger charge is 2.23. The molecule has 31 heavy (non-hydrogen) atoms. The molecule has 0 aliphatic heterocycles. The van der Waals surface area contributed by atoms with Crippen LogP contribution in [0.15, 0.2) is 53.4 Å². The second-order valence-corrected chi connectivity index (χ2v) is 8.69. The lowest BCUT2D eigenvalue weighted by Gasteiger charge is -2.15. The van der Waals surface area contributed by atoms with E-state index in [0.29, 0.717) is 34.5 Å². The molecule has 0 aliphatic rings. The first-order valence-electron chi connectivity index (χ1n) is 9.19. The van der Waals surface area contributed by atoms with Crippen LogP contribution in [0, 0.1) is 6.92 Å². The summed E-state index contributed by atoms with van der Waals surface area (Å²) in [6.07, 6.45) is 0. The number of hydrogen-bond donors (Lipinski definition) is 2. The van der Waals surface area contributed by atoms with Crippen LogP contribution in [-0.4, -0.2) is 56.9 Å². The molecular formula is C20H22IN7O2S. The van der Waals surface area contributed by atoms with Crippen LogP contribution in [0.25, 0.3) is 22.3 Å². The molecular weight excluding hydrogens is 529 g/mol. The molecule has 0 amide bonds. The molecule has 4 aromatic rings. The fourth-order valence-corrected chi connectivity index (χ4v) is 3.95. The van der Waals surface area contributed by atoms with Gasteiger partial charge in [0, 0.05) is 25.0 Å². The summed E-state index contributed by atoms with van der Waals surface area (Å²) in [7, 11) is -0.690. The van der Waals surface area contributed by atoms with Gasteiger partial charge in [-0.15, -0.1) is 5.10 Å². The number of aromatic amines is 1. The van der Waals surface area contributed by atoms with Crippen LogP contribution in [0.3, 0.4) is 0 Å². The van der Waals surface area contributed by atoms with Gasteiger partial charge < -0.3 is 5.32 Å². The molecule has 2 N–H and O–H groups in total. The molecule has 0 saturated heterocycles. The van der Waals surface area contributed by atoms with E-state index >= 15 is 0 Å². The number of hydrogen-bond acceptors (Lipinski definition) is 7. The number of nitrogens with zero attached hydrogens (tertiary/aromatic N) is 5. The molecule has 9 nitrogen and oxygen atoms in total. The molecule has 2 heterocycles. The van der Waals surface area contributed by atoms with E-state index in [2.05, 4.69) is 53.1 Å². The average Bonchev–Trinajstić information content (AvgIpc) is 3.19. The number of para-hydroxylation sites is 1. The number of fused-ring (bicyclic) bond motifs is 1. The number of halogens is 1. The Hall–Kier alpha value is -2.64. The molecule has 0 unspecified atom stereocenters. The molecule has 162 valence electrons. The molecule has 2 aromatic carbocycles.